The van der Waals surface area contributed by atoms with E-state index in [2.05, 4.69) is 0 Å². The first-order chi connectivity index (χ1) is 11.4. The molecule has 0 radical (unpaired) electrons. The van der Waals surface area contributed by atoms with Gasteiger partial charge in [0.05, 0.1) is 6.61 Å². The molecule has 2 aromatic rings. The minimum absolute atomic E-state index is 0.0423. The van der Waals surface area contributed by atoms with E-state index < -0.39 is 7.37 Å². The quantitative estimate of drug-likeness (QED) is 0.534. The number of aryl methyl sites for hydroxylation is 3. The molecule has 2 rings (SSSR count). The fourth-order valence-electron chi connectivity index (χ4n) is 3.03. The number of rotatable bonds is 7. The number of carbonyl (C=O) groups is 1. The Hall–Kier alpha value is -1.70. The monoisotopic (exact) mass is 344 g/mol. The first kappa shape index (κ1) is 18.6. The van der Waals surface area contributed by atoms with Crippen LogP contribution in [0.4, 0.5) is 0 Å². The van der Waals surface area contributed by atoms with Gasteiger partial charge in [-0.25, -0.2) is 0 Å². The maximum Gasteiger partial charge on any atom is 0.231 e. The molecule has 0 heterocycles. The summed E-state index contributed by atoms with van der Waals surface area (Å²) in [5, 5.41) is 0.711. The minimum Gasteiger partial charge on any atom is -0.325 e. The number of hydrogen-bond donors (Lipinski definition) is 0. The molecule has 0 aliphatic carbocycles. The van der Waals surface area contributed by atoms with Crippen LogP contribution >= 0.6 is 7.37 Å². The highest BCUT2D eigenvalue weighted by atomic mass is 31.2. The zero-order chi connectivity index (χ0) is 17.7. The lowest BCUT2D eigenvalue weighted by Crippen LogP contribution is -2.13. The van der Waals surface area contributed by atoms with E-state index in [0.29, 0.717) is 11.5 Å². The maximum absolute atomic E-state index is 12.9. The highest BCUT2D eigenvalue weighted by molar-refractivity contribution is 7.66. The Morgan fingerprint density at radius 2 is 1.62 bits per heavy atom. The van der Waals surface area contributed by atoms with Gasteiger partial charge >= 0.3 is 0 Å². The highest BCUT2D eigenvalue weighted by Crippen LogP contribution is 2.45. The fraction of sp³-hybridized carbons (Fsp3) is 0.350. The number of hydrogen-bond acceptors (Lipinski definition) is 3. The standard InChI is InChI=1S/C20H25O3P/c1-5-24(22,18-9-7-6-8-10-18)23-12-11-19(21)20-16(3)13-15(2)14-17(20)4/h6-10,13-14H,5,11-12H2,1-4H3. The molecule has 1 atom stereocenters. The maximum atomic E-state index is 12.9. The van der Waals surface area contributed by atoms with Crippen LogP contribution in [0.15, 0.2) is 42.5 Å². The number of ketones is 1. The van der Waals surface area contributed by atoms with Gasteiger partial charge in [-0.3, -0.25) is 9.36 Å². The van der Waals surface area contributed by atoms with E-state index in [4.69, 9.17) is 4.52 Å². The first-order valence-electron chi connectivity index (χ1n) is 8.27. The van der Waals surface area contributed by atoms with Crippen molar-refractivity contribution in [3.05, 3.63) is 64.7 Å². The summed E-state index contributed by atoms with van der Waals surface area (Å²) in [4.78, 5) is 12.5. The molecule has 2 aromatic carbocycles. The van der Waals surface area contributed by atoms with Crippen molar-refractivity contribution in [2.75, 3.05) is 12.8 Å². The Morgan fingerprint density at radius 1 is 1.04 bits per heavy atom. The van der Waals surface area contributed by atoms with Crippen molar-refractivity contribution in [3.8, 4) is 0 Å². The summed E-state index contributed by atoms with van der Waals surface area (Å²) in [7, 11) is -2.88. The van der Waals surface area contributed by atoms with Crippen LogP contribution in [0.3, 0.4) is 0 Å². The lowest BCUT2D eigenvalue weighted by atomic mass is 9.95. The van der Waals surface area contributed by atoms with Crippen molar-refractivity contribution in [1.29, 1.82) is 0 Å². The Kier molecular flexibility index (Phi) is 6.15. The van der Waals surface area contributed by atoms with E-state index in [-0.39, 0.29) is 18.8 Å². The summed E-state index contributed by atoms with van der Waals surface area (Å²) in [5.41, 5.74) is 3.88. The Morgan fingerprint density at radius 3 is 2.17 bits per heavy atom. The third-order valence-electron chi connectivity index (χ3n) is 4.15. The largest absolute Gasteiger partial charge is 0.325 e. The van der Waals surface area contributed by atoms with Crippen LogP contribution in [-0.4, -0.2) is 18.6 Å². The van der Waals surface area contributed by atoms with Crippen LogP contribution < -0.4 is 5.30 Å². The summed E-state index contributed by atoms with van der Waals surface area (Å²) < 4.78 is 18.6. The van der Waals surface area contributed by atoms with E-state index in [1.807, 2.05) is 70.2 Å². The second kappa shape index (κ2) is 7.92. The van der Waals surface area contributed by atoms with Crippen LogP contribution in [0.1, 0.15) is 40.4 Å². The van der Waals surface area contributed by atoms with Gasteiger partial charge in [0.2, 0.25) is 7.37 Å². The second-order valence-corrected chi connectivity index (χ2v) is 8.86. The molecule has 1 unspecified atom stereocenters. The normalized spacial score (nSPS) is 13.5. The molecule has 0 spiro atoms. The molecule has 0 amide bonds. The lowest BCUT2D eigenvalue weighted by Gasteiger charge is -2.17. The molecular formula is C20H25O3P. The summed E-state index contributed by atoms with van der Waals surface area (Å²) in [6.45, 7) is 7.95. The Balaban J connectivity index is 2.06. The predicted molar refractivity (Wildman–Crippen MR) is 99.8 cm³/mol. The van der Waals surface area contributed by atoms with Crippen LogP contribution in [0.2, 0.25) is 0 Å². The van der Waals surface area contributed by atoms with Gasteiger partial charge in [0.1, 0.15) is 0 Å². The van der Waals surface area contributed by atoms with Gasteiger partial charge in [0.25, 0.3) is 0 Å². The van der Waals surface area contributed by atoms with E-state index in [1.165, 1.54) is 0 Å². The van der Waals surface area contributed by atoms with Crippen LogP contribution in [0.25, 0.3) is 0 Å². The van der Waals surface area contributed by atoms with E-state index in [9.17, 15) is 9.36 Å². The molecule has 4 heteroatoms. The van der Waals surface area contributed by atoms with Crippen molar-refractivity contribution < 1.29 is 13.9 Å². The van der Waals surface area contributed by atoms with Gasteiger partial charge in [-0.15, -0.1) is 0 Å². The molecule has 0 saturated heterocycles. The molecule has 0 aliphatic rings. The lowest BCUT2D eigenvalue weighted by molar-refractivity contribution is 0.0962. The van der Waals surface area contributed by atoms with Gasteiger partial charge < -0.3 is 4.52 Å². The van der Waals surface area contributed by atoms with Gasteiger partial charge in [0, 0.05) is 23.5 Å². The highest BCUT2D eigenvalue weighted by Gasteiger charge is 2.24. The smallest absolute Gasteiger partial charge is 0.231 e. The topological polar surface area (TPSA) is 43.4 Å². The Bertz CT molecular complexity index is 743. The molecule has 0 N–H and O–H groups in total. The molecule has 128 valence electrons. The number of benzene rings is 2. The average Bonchev–Trinajstić information content (AvgIpc) is 2.54. The molecule has 24 heavy (non-hydrogen) atoms. The molecule has 0 aromatic heterocycles. The van der Waals surface area contributed by atoms with Crippen molar-refractivity contribution >= 4 is 18.5 Å². The fourth-order valence-corrected chi connectivity index (χ4v) is 4.74. The number of carbonyl (C=O) groups excluding carboxylic acids is 1. The minimum atomic E-state index is -2.88. The zero-order valence-electron chi connectivity index (χ0n) is 14.8. The average molecular weight is 344 g/mol. The number of Topliss-reactive ketones (excluding diaryl/α,β-unsaturated/α-hetero) is 1. The summed E-state index contributed by atoms with van der Waals surface area (Å²) in [5.74, 6) is 0.0423. The summed E-state index contributed by atoms with van der Waals surface area (Å²) in [6, 6.07) is 13.3. The predicted octanol–water partition coefficient (Wildman–Crippen LogP) is 4.82. The van der Waals surface area contributed by atoms with Gasteiger partial charge in [0.15, 0.2) is 5.78 Å². The molecule has 0 aliphatic heterocycles. The van der Waals surface area contributed by atoms with Crippen molar-refractivity contribution in [1.82, 2.24) is 0 Å². The van der Waals surface area contributed by atoms with Crippen LogP contribution in [-0.2, 0) is 9.09 Å². The van der Waals surface area contributed by atoms with Crippen LogP contribution in [0, 0.1) is 20.8 Å². The van der Waals surface area contributed by atoms with E-state index in [0.717, 1.165) is 22.3 Å². The van der Waals surface area contributed by atoms with Crippen molar-refractivity contribution in [2.24, 2.45) is 0 Å². The Labute approximate surface area is 144 Å². The molecule has 0 saturated carbocycles. The van der Waals surface area contributed by atoms with Crippen molar-refractivity contribution in [3.63, 3.8) is 0 Å². The molecular weight excluding hydrogens is 319 g/mol. The van der Waals surface area contributed by atoms with Gasteiger partial charge in [-0.1, -0.05) is 42.8 Å². The SMILES string of the molecule is CCP(=O)(OCCC(=O)c1c(C)cc(C)cc1C)c1ccccc1. The molecule has 3 nitrogen and oxygen atoms in total. The van der Waals surface area contributed by atoms with Gasteiger partial charge in [-0.2, -0.15) is 0 Å². The summed E-state index contributed by atoms with van der Waals surface area (Å²) in [6.07, 6.45) is 0.662. The van der Waals surface area contributed by atoms with E-state index >= 15 is 0 Å². The zero-order valence-corrected chi connectivity index (χ0v) is 15.7. The molecule has 0 bridgehead atoms. The first-order valence-corrected chi connectivity index (χ1v) is 10.1. The van der Waals surface area contributed by atoms with E-state index in [1.54, 1.807) is 0 Å². The van der Waals surface area contributed by atoms with Crippen LogP contribution in [0.5, 0.6) is 0 Å². The third-order valence-corrected chi connectivity index (χ3v) is 6.67. The molecule has 0 fully saturated rings. The summed E-state index contributed by atoms with van der Waals surface area (Å²) >= 11 is 0. The third kappa shape index (κ3) is 4.23. The van der Waals surface area contributed by atoms with Crippen molar-refractivity contribution in [2.45, 2.75) is 34.1 Å². The van der Waals surface area contributed by atoms with Gasteiger partial charge in [-0.05, 0) is 44.0 Å². The second-order valence-electron chi connectivity index (χ2n) is 6.11.